The summed E-state index contributed by atoms with van der Waals surface area (Å²) in [7, 11) is 0. The number of nitrogens with zero attached hydrogens (tertiary/aromatic N) is 1. The molecule has 1 aromatic carbocycles. The van der Waals surface area contributed by atoms with E-state index >= 15 is 0 Å². The molecule has 1 aliphatic carbocycles. The Morgan fingerprint density at radius 1 is 1.16 bits per heavy atom. The van der Waals surface area contributed by atoms with Crippen LogP contribution in [-0.4, -0.2) is 34.7 Å². The summed E-state index contributed by atoms with van der Waals surface area (Å²) in [4.78, 5) is 39.0. The molecule has 0 aromatic heterocycles. The lowest BCUT2D eigenvalue weighted by atomic mass is 9.78. The standard InChI is InChI=1S/C19H23BrN2O3/c1-10-5-4-6-11(2)16(10)21-17(23)12(3)22-18(24)14-8-7-13(20)9-15(14)19(22)25/h7-12,16H,4-6H2,1-3H3,(H,21,23). The Bertz CT molecular complexity index is 723. The zero-order chi connectivity index (χ0) is 18.3. The highest BCUT2D eigenvalue weighted by molar-refractivity contribution is 9.10. The molecule has 1 heterocycles. The van der Waals surface area contributed by atoms with E-state index in [4.69, 9.17) is 0 Å². The van der Waals surface area contributed by atoms with Crippen LogP contribution >= 0.6 is 15.9 Å². The Hall–Kier alpha value is -1.69. The number of fused-ring (bicyclic) bond motifs is 1. The van der Waals surface area contributed by atoms with Crippen molar-refractivity contribution in [2.24, 2.45) is 11.8 Å². The molecule has 1 aliphatic heterocycles. The Balaban J connectivity index is 1.77. The summed E-state index contributed by atoms with van der Waals surface area (Å²) in [6.07, 6.45) is 3.35. The summed E-state index contributed by atoms with van der Waals surface area (Å²) in [6.45, 7) is 5.90. The van der Waals surface area contributed by atoms with Crippen LogP contribution in [0.1, 0.15) is 60.7 Å². The average Bonchev–Trinajstić information content (AvgIpc) is 2.81. The second-order valence-electron chi connectivity index (χ2n) is 7.27. The van der Waals surface area contributed by atoms with E-state index in [0.29, 0.717) is 23.0 Å². The number of rotatable bonds is 3. The number of amides is 3. The highest BCUT2D eigenvalue weighted by Crippen LogP contribution is 2.30. The molecule has 0 spiro atoms. The van der Waals surface area contributed by atoms with E-state index in [9.17, 15) is 14.4 Å². The van der Waals surface area contributed by atoms with Gasteiger partial charge in [-0.2, -0.15) is 0 Å². The smallest absolute Gasteiger partial charge is 0.262 e. The van der Waals surface area contributed by atoms with Gasteiger partial charge in [0.05, 0.1) is 11.1 Å². The van der Waals surface area contributed by atoms with E-state index in [1.54, 1.807) is 25.1 Å². The number of halogens is 1. The summed E-state index contributed by atoms with van der Waals surface area (Å²) >= 11 is 3.32. The molecule has 1 saturated carbocycles. The Kier molecular flexibility index (Phi) is 5.00. The van der Waals surface area contributed by atoms with Crippen LogP contribution in [0.3, 0.4) is 0 Å². The monoisotopic (exact) mass is 406 g/mol. The van der Waals surface area contributed by atoms with Crippen LogP contribution in [0.2, 0.25) is 0 Å². The van der Waals surface area contributed by atoms with Crippen molar-refractivity contribution >= 4 is 33.7 Å². The largest absolute Gasteiger partial charge is 0.351 e. The van der Waals surface area contributed by atoms with Gasteiger partial charge in [-0.1, -0.05) is 36.2 Å². The predicted molar refractivity (Wildman–Crippen MR) is 98.2 cm³/mol. The van der Waals surface area contributed by atoms with E-state index in [2.05, 4.69) is 35.1 Å². The summed E-state index contributed by atoms with van der Waals surface area (Å²) in [5.41, 5.74) is 0.700. The fourth-order valence-corrected chi connectivity index (χ4v) is 4.31. The first-order valence-corrected chi connectivity index (χ1v) is 9.58. The number of carbonyl (C=O) groups excluding carboxylic acids is 3. The molecule has 3 amide bonds. The third-order valence-corrected chi connectivity index (χ3v) is 5.99. The number of nitrogens with one attached hydrogen (secondary N) is 1. The van der Waals surface area contributed by atoms with Crippen LogP contribution in [0.15, 0.2) is 22.7 Å². The maximum Gasteiger partial charge on any atom is 0.262 e. The molecule has 2 aliphatic rings. The van der Waals surface area contributed by atoms with Crippen LogP contribution < -0.4 is 5.32 Å². The van der Waals surface area contributed by atoms with Crippen LogP contribution in [0, 0.1) is 11.8 Å². The third kappa shape index (κ3) is 3.24. The van der Waals surface area contributed by atoms with Crippen molar-refractivity contribution in [3.8, 4) is 0 Å². The maximum atomic E-state index is 12.7. The zero-order valence-corrected chi connectivity index (χ0v) is 16.3. The Morgan fingerprint density at radius 3 is 2.40 bits per heavy atom. The zero-order valence-electron chi connectivity index (χ0n) is 14.7. The van der Waals surface area contributed by atoms with Gasteiger partial charge in [0, 0.05) is 10.5 Å². The highest BCUT2D eigenvalue weighted by atomic mass is 79.9. The van der Waals surface area contributed by atoms with Crippen LogP contribution in [-0.2, 0) is 4.79 Å². The minimum Gasteiger partial charge on any atom is -0.351 e. The fourth-order valence-electron chi connectivity index (χ4n) is 3.95. The van der Waals surface area contributed by atoms with Crippen molar-refractivity contribution in [3.05, 3.63) is 33.8 Å². The first-order valence-electron chi connectivity index (χ1n) is 8.79. The van der Waals surface area contributed by atoms with Gasteiger partial charge in [0.25, 0.3) is 11.8 Å². The summed E-state index contributed by atoms with van der Waals surface area (Å²) in [6, 6.07) is 4.24. The lowest BCUT2D eigenvalue weighted by Crippen LogP contribution is -2.53. The molecule has 0 bridgehead atoms. The van der Waals surface area contributed by atoms with Gasteiger partial charge in [-0.05, 0) is 49.8 Å². The van der Waals surface area contributed by atoms with Crippen molar-refractivity contribution in [3.63, 3.8) is 0 Å². The first-order chi connectivity index (χ1) is 11.8. The molecule has 0 radical (unpaired) electrons. The molecule has 1 aromatic rings. The SMILES string of the molecule is CC1CCCC(C)C1NC(=O)C(C)N1C(=O)c2ccc(Br)cc2C1=O. The molecule has 1 N–H and O–H groups in total. The quantitative estimate of drug-likeness (QED) is 0.782. The van der Waals surface area contributed by atoms with Crippen LogP contribution in [0.25, 0.3) is 0 Å². The number of imide groups is 1. The number of benzene rings is 1. The molecule has 3 rings (SSSR count). The average molecular weight is 407 g/mol. The van der Waals surface area contributed by atoms with E-state index in [1.165, 1.54) is 6.42 Å². The van der Waals surface area contributed by atoms with E-state index in [0.717, 1.165) is 22.2 Å². The summed E-state index contributed by atoms with van der Waals surface area (Å²) in [5, 5.41) is 3.08. The summed E-state index contributed by atoms with van der Waals surface area (Å²) in [5.74, 6) is -0.274. The molecular weight excluding hydrogens is 384 g/mol. The molecule has 25 heavy (non-hydrogen) atoms. The van der Waals surface area contributed by atoms with Crippen molar-refractivity contribution < 1.29 is 14.4 Å². The molecule has 3 atom stereocenters. The van der Waals surface area contributed by atoms with Crippen LogP contribution in [0.4, 0.5) is 0 Å². The second-order valence-corrected chi connectivity index (χ2v) is 8.18. The van der Waals surface area contributed by atoms with Gasteiger partial charge in [-0.25, -0.2) is 0 Å². The minimum absolute atomic E-state index is 0.0908. The van der Waals surface area contributed by atoms with Gasteiger partial charge in [0.15, 0.2) is 0 Å². The van der Waals surface area contributed by atoms with Gasteiger partial charge in [0.2, 0.25) is 5.91 Å². The van der Waals surface area contributed by atoms with E-state index in [1.807, 2.05) is 0 Å². The van der Waals surface area contributed by atoms with Gasteiger partial charge in [-0.3, -0.25) is 19.3 Å². The molecule has 5 nitrogen and oxygen atoms in total. The first kappa shape index (κ1) is 18.1. The molecule has 0 saturated heterocycles. The van der Waals surface area contributed by atoms with E-state index < -0.39 is 17.9 Å². The van der Waals surface area contributed by atoms with Crippen molar-refractivity contribution in [2.75, 3.05) is 0 Å². The van der Waals surface area contributed by atoms with Gasteiger partial charge in [-0.15, -0.1) is 0 Å². The number of hydrogen-bond acceptors (Lipinski definition) is 3. The van der Waals surface area contributed by atoms with Crippen molar-refractivity contribution in [1.29, 1.82) is 0 Å². The van der Waals surface area contributed by atoms with Gasteiger partial charge < -0.3 is 5.32 Å². The lowest BCUT2D eigenvalue weighted by molar-refractivity contribution is -0.126. The number of carbonyl (C=O) groups is 3. The molecular formula is C19H23BrN2O3. The fraction of sp³-hybridized carbons (Fsp3) is 0.526. The maximum absolute atomic E-state index is 12.7. The third-order valence-electron chi connectivity index (χ3n) is 5.50. The predicted octanol–water partition coefficient (Wildman–Crippen LogP) is 3.37. The minimum atomic E-state index is -0.826. The Labute approximate surface area is 156 Å². The topological polar surface area (TPSA) is 66.5 Å². The molecule has 1 fully saturated rings. The molecule has 134 valence electrons. The lowest BCUT2D eigenvalue weighted by Gasteiger charge is -2.36. The molecule has 6 heteroatoms. The van der Waals surface area contributed by atoms with Gasteiger partial charge >= 0.3 is 0 Å². The number of hydrogen-bond donors (Lipinski definition) is 1. The van der Waals surface area contributed by atoms with Gasteiger partial charge in [0.1, 0.15) is 6.04 Å². The summed E-state index contributed by atoms with van der Waals surface area (Å²) < 4.78 is 0.733. The van der Waals surface area contributed by atoms with Crippen molar-refractivity contribution in [2.45, 2.75) is 52.1 Å². The van der Waals surface area contributed by atoms with Crippen LogP contribution in [0.5, 0.6) is 0 Å². The van der Waals surface area contributed by atoms with E-state index in [-0.39, 0.29) is 11.9 Å². The highest BCUT2D eigenvalue weighted by Gasteiger charge is 2.42. The normalized spacial score (nSPS) is 27.2. The Morgan fingerprint density at radius 2 is 1.76 bits per heavy atom. The van der Waals surface area contributed by atoms with Crippen molar-refractivity contribution in [1.82, 2.24) is 10.2 Å². The second kappa shape index (κ2) is 6.90. The molecule has 3 unspecified atom stereocenters.